The summed E-state index contributed by atoms with van der Waals surface area (Å²) in [6, 6.07) is 6.96. The van der Waals surface area contributed by atoms with Crippen LogP contribution in [-0.2, 0) is 6.42 Å². The van der Waals surface area contributed by atoms with Gasteiger partial charge in [-0.25, -0.2) is 4.98 Å². The van der Waals surface area contributed by atoms with Crippen molar-refractivity contribution in [3.05, 3.63) is 35.3 Å². The Hall–Kier alpha value is -1.56. The van der Waals surface area contributed by atoms with Gasteiger partial charge in [-0.1, -0.05) is 19.1 Å². The van der Waals surface area contributed by atoms with E-state index in [-0.39, 0.29) is 5.75 Å². The van der Waals surface area contributed by atoms with E-state index in [9.17, 15) is 13.2 Å². The SMILES string of the molecule is CCc1csc(-c2ccc[c]c2OC(F)(F)F)n1. The molecule has 18 heavy (non-hydrogen) atoms. The highest BCUT2D eigenvalue weighted by Crippen LogP contribution is 2.34. The van der Waals surface area contributed by atoms with Crippen LogP contribution in [0.25, 0.3) is 10.6 Å². The summed E-state index contributed by atoms with van der Waals surface area (Å²) in [7, 11) is 0. The molecule has 0 saturated heterocycles. The Balaban J connectivity index is 2.38. The fourth-order valence-electron chi connectivity index (χ4n) is 1.38. The average Bonchev–Trinajstić information content (AvgIpc) is 2.76. The Morgan fingerprint density at radius 3 is 2.83 bits per heavy atom. The molecular weight excluding hydrogens is 263 g/mol. The molecule has 95 valence electrons. The molecule has 0 aliphatic rings. The Morgan fingerprint density at radius 2 is 2.22 bits per heavy atom. The van der Waals surface area contributed by atoms with Crippen molar-refractivity contribution in [1.82, 2.24) is 4.98 Å². The first kappa shape index (κ1) is 12.9. The van der Waals surface area contributed by atoms with Gasteiger partial charge in [0.1, 0.15) is 10.8 Å². The number of benzene rings is 1. The Bertz CT molecular complexity index is 536. The van der Waals surface area contributed by atoms with Crippen LogP contribution in [0.5, 0.6) is 5.75 Å². The summed E-state index contributed by atoms with van der Waals surface area (Å²) in [6.07, 6.45) is -3.99. The van der Waals surface area contributed by atoms with Gasteiger partial charge in [0.25, 0.3) is 0 Å². The second-order valence-corrected chi connectivity index (χ2v) is 4.32. The van der Waals surface area contributed by atoms with Crippen LogP contribution in [-0.4, -0.2) is 11.3 Å². The molecule has 1 aromatic heterocycles. The predicted octanol–water partition coefficient (Wildman–Crippen LogP) is 4.07. The normalized spacial score (nSPS) is 11.6. The number of ether oxygens (including phenoxy) is 1. The van der Waals surface area contributed by atoms with Crippen molar-refractivity contribution < 1.29 is 17.9 Å². The van der Waals surface area contributed by atoms with E-state index >= 15 is 0 Å². The van der Waals surface area contributed by atoms with E-state index in [1.54, 1.807) is 6.07 Å². The minimum atomic E-state index is -4.72. The van der Waals surface area contributed by atoms with Crippen LogP contribution in [0, 0.1) is 6.07 Å². The molecule has 0 spiro atoms. The summed E-state index contributed by atoms with van der Waals surface area (Å²) in [5.74, 6) is -0.345. The molecule has 2 aromatic rings. The molecule has 0 unspecified atom stereocenters. The standard InChI is InChI=1S/C12H9F3NOS/c1-2-8-7-18-11(16-8)9-5-3-4-6-10(9)17-12(13,14)15/h3-5,7H,2H2,1H3. The molecule has 1 heterocycles. The van der Waals surface area contributed by atoms with Crippen molar-refractivity contribution in [2.45, 2.75) is 19.7 Å². The first-order valence-corrected chi connectivity index (χ1v) is 6.09. The lowest BCUT2D eigenvalue weighted by atomic mass is 10.2. The van der Waals surface area contributed by atoms with Gasteiger partial charge in [0.05, 0.1) is 11.3 Å². The molecule has 2 rings (SSSR count). The molecule has 0 N–H and O–H groups in total. The zero-order chi connectivity index (χ0) is 13.2. The zero-order valence-corrected chi connectivity index (χ0v) is 10.2. The van der Waals surface area contributed by atoms with E-state index in [0.29, 0.717) is 10.6 Å². The molecule has 6 heteroatoms. The number of alkyl halides is 3. The molecular formula is C12H9F3NOS. The van der Waals surface area contributed by atoms with E-state index < -0.39 is 6.36 Å². The molecule has 0 bridgehead atoms. The summed E-state index contributed by atoms with van der Waals surface area (Å²) in [5, 5.41) is 2.32. The van der Waals surface area contributed by atoms with Gasteiger partial charge in [-0.05, 0) is 12.5 Å². The third-order valence-electron chi connectivity index (χ3n) is 2.18. The Labute approximate surface area is 106 Å². The van der Waals surface area contributed by atoms with Gasteiger partial charge in [-0.2, -0.15) is 0 Å². The Kier molecular flexibility index (Phi) is 3.56. The fourth-order valence-corrected chi connectivity index (χ4v) is 2.31. The maximum atomic E-state index is 12.2. The maximum absolute atomic E-state index is 12.2. The van der Waals surface area contributed by atoms with Gasteiger partial charge in [0.2, 0.25) is 0 Å². The largest absolute Gasteiger partial charge is 0.573 e. The van der Waals surface area contributed by atoms with Crippen molar-refractivity contribution in [2.24, 2.45) is 0 Å². The molecule has 1 aromatic carbocycles. The minimum Gasteiger partial charge on any atom is -0.404 e. The number of aromatic nitrogens is 1. The second kappa shape index (κ2) is 4.97. The number of rotatable bonds is 3. The zero-order valence-electron chi connectivity index (χ0n) is 9.41. The number of aryl methyl sites for hydroxylation is 1. The third kappa shape index (κ3) is 3.01. The number of thiazole rings is 1. The van der Waals surface area contributed by atoms with Gasteiger partial charge in [0.15, 0.2) is 0 Å². The van der Waals surface area contributed by atoms with Crippen molar-refractivity contribution >= 4 is 11.3 Å². The molecule has 2 nitrogen and oxygen atoms in total. The van der Waals surface area contributed by atoms with Gasteiger partial charge < -0.3 is 4.74 Å². The van der Waals surface area contributed by atoms with Crippen LogP contribution in [0.2, 0.25) is 0 Å². The van der Waals surface area contributed by atoms with Gasteiger partial charge in [0, 0.05) is 11.4 Å². The number of hydrogen-bond donors (Lipinski definition) is 0. The molecule has 0 aliphatic heterocycles. The van der Waals surface area contributed by atoms with Gasteiger partial charge in [-0.15, -0.1) is 24.5 Å². The monoisotopic (exact) mass is 272 g/mol. The van der Waals surface area contributed by atoms with E-state index in [2.05, 4.69) is 15.8 Å². The smallest absolute Gasteiger partial charge is 0.404 e. The third-order valence-corrected chi connectivity index (χ3v) is 3.10. The van der Waals surface area contributed by atoms with Crippen LogP contribution in [0.3, 0.4) is 0 Å². The van der Waals surface area contributed by atoms with E-state index in [1.807, 2.05) is 12.3 Å². The van der Waals surface area contributed by atoms with Crippen LogP contribution in [0.1, 0.15) is 12.6 Å². The number of hydrogen-bond acceptors (Lipinski definition) is 3. The maximum Gasteiger partial charge on any atom is 0.573 e. The molecule has 0 aliphatic carbocycles. The number of nitrogens with zero attached hydrogens (tertiary/aromatic N) is 1. The lowest BCUT2D eigenvalue weighted by Gasteiger charge is -2.11. The van der Waals surface area contributed by atoms with Crippen molar-refractivity contribution in [1.29, 1.82) is 0 Å². The summed E-state index contributed by atoms with van der Waals surface area (Å²) in [6.45, 7) is 1.93. The van der Waals surface area contributed by atoms with E-state index in [4.69, 9.17) is 0 Å². The number of halogens is 3. The lowest BCUT2D eigenvalue weighted by Crippen LogP contribution is -2.17. The highest BCUT2D eigenvalue weighted by molar-refractivity contribution is 7.13. The number of para-hydroxylation sites is 1. The Morgan fingerprint density at radius 1 is 1.44 bits per heavy atom. The van der Waals surface area contributed by atoms with Crippen molar-refractivity contribution in [3.63, 3.8) is 0 Å². The minimum absolute atomic E-state index is 0.305. The summed E-state index contributed by atoms with van der Waals surface area (Å²) >= 11 is 1.29. The predicted molar refractivity (Wildman–Crippen MR) is 62.4 cm³/mol. The quantitative estimate of drug-likeness (QED) is 0.840. The van der Waals surface area contributed by atoms with Crippen molar-refractivity contribution in [2.75, 3.05) is 0 Å². The summed E-state index contributed by atoms with van der Waals surface area (Å²) < 4.78 is 40.7. The fraction of sp³-hybridized carbons (Fsp3) is 0.250. The average molecular weight is 272 g/mol. The molecule has 1 radical (unpaired) electrons. The van der Waals surface area contributed by atoms with E-state index in [1.165, 1.54) is 23.5 Å². The summed E-state index contributed by atoms with van der Waals surface area (Å²) in [5.41, 5.74) is 1.15. The molecule has 0 saturated carbocycles. The summed E-state index contributed by atoms with van der Waals surface area (Å²) in [4.78, 5) is 4.24. The molecule has 0 fully saturated rings. The van der Waals surface area contributed by atoms with Gasteiger partial charge >= 0.3 is 6.36 Å². The van der Waals surface area contributed by atoms with Crippen LogP contribution in [0.15, 0.2) is 23.6 Å². The van der Waals surface area contributed by atoms with Crippen molar-refractivity contribution in [3.8, 4) is 16.3 Å². The lowest BCUT2D eigenvalue weighted by molar-refractivity contribution is -0.274. The van der Waals surface area contributed by atoms with Gasteiger partial charge in [-0.3, -0.25) is 0 Å². The van der Waals surface area contributed by atoms with E-state index in [0.717, 1.165) is 12.1 Å². The van der Waals surface area contributed by atoms with Crippen LogP contribution < -0.4 is 4.74 Å². The molecule has 0 atom stereocenters. The van der Waals surface area contributed by atoms with Crippen LogP contribution in [0.4, 0.5) is 13.2 Å². The first-order valence-electron chi connectivity index (χ1n) is 5.21. The van der Waals surface area contributed by atoms with Crippen LogP contribution >= 0.6 is 11.3 Å². The highest BCUT2D eigenvalue weighted by atomic mass is 32.1. The first-order chi connectivity index (χ1) is 8.49. The molecule has 0 amide bonds. The second-order valence-electron chi connectivity index (χ2n) is 3.46. The topological polar surface area (TPSA) is 22.1 Å². The highest BCUT2D eigenvalue weighted by Gasteiger charge is 2.32.